The van der Waals surface area contributed by atoms with Crippen molar-refractivity contribution in [1.29, 1.82) is 0 Å². The van der Waals surface area contributed by atoms with Gasteiger partial charge in [0.2, 0.25) is 0 Å². The van der Waals surface area contributed by atoms with Crippen LogP contribution in [0.15, 0.2) is 24.3 Å². The largest absolute Gasteiger partial charge is 0.496 e. The number of hydrogen-bond donors (Lipinski definition) is 2. The van der Waals surface area contributed by atoms with Crippen molar-refractivity contribution in [2.24, 2.45) is 5.73 Å². The number of aliphatic hydroxyl groups excluding tert-OH is 1. The molecule has 0 saturated carbocycles. The Morgan fingerprint density at radius 1 is 1.33 bits per heavy atom. The van der Waals surface area contributed by atoms with Gasteiger partial charge in [-0.3, -0.25) is 4.90 Å². The summed E-state index contributed by atoms with van der Waals surface area (Å²) >= 11 is 0. The molecular weight excluding hydrogens is 228 g/mol. The number of nitrogens with two attached hydrogens (primary N) is 1. The van der Waals surface area contributed by atoms with Crippen molar-refractivity contribution in [3.8, 4) is 5.75 Å². The van der Waals surface area contributed by atoms with Gasteiger partial charge in [-0.25, -0.2) is 0 Å². The van der Waals surface area contributed by atoms with E-state index in [0.29, 0.717) is 13.1 Å². The van der Waals surface area contributed by atoms with Crippen LogP contribution in [0.2, 0.25) is 0 Å². The van der Waals surface area contributed by atoms with E-state index in [0.717, 1.165) is 24.3 Å². The second-order valence-electron chi connectivity index (χ2n) is 4.25. The van der Waals surface area contributed by atoms with Crippen molar-refractivity contribution < 1.29 is 9.84 Å². The predicted molar refractivity (Wildman–Crippen MR) is 73.7 cm³/mol. The first-order valence-electron chi connectivity index (χ1n) is 6.46. The average Bonchev–Trinajstić information content (AvgIpc) is 2.40. The molecule has 0 spiro atoms. The molecule has 18 heavy (non-hydrogen) atoms. The zero-order chi connectivity index (χ0) is 13.4. The van der Waals surface area contributed by atoms with Gasteiger partial charge < -0.3 is 15.6 Å². The smallest absolute Gasteiger partial charge is 0.123 e. The van der Waals surface area contributed by atoms with E-state index in [1.54, 1.807) is 7.11 Å². The number of hydrogen-bond acceptors (Lipinski definition) is 4. The maximum absolute atomic E-state index is 9.17. The Bertz CT molecular complexity index is 338. The molecule has 1 unspecified atom stereocenters. The lowest BCUT2D eigenvalue weighted by Crippen LogP contribution is -2.36. The third kappa shape index (κ3) is 3.70. The van der Waals surface area contributed by atoms with Crippen LogP contribution in [0.1, 0.15) is 24.9 Å². The maximum atomic E-state index is 9.17. The zero-order valence-electron chi connectivity index (χ0n) is 11.3. The van der Waals surface area contributed by atoms with E-state index >= 15 is 0 Å². The van der Waals surface area contributed by atoms with Crippen LogP contribution in [-0.2, 0) is 0 Å². The fraction of sp³-hybridized carbons (Fsp3) is 0.571. The first-order valence-corrected chi connectivity index (χ1v) is 6.46. The lowest BCUT2D eigenvalue weighted by Gasteiger charge is -2.31. The first-order chi connectivity index (χ1) is 8.78. The molecule has 4 heteroatoms. The maximum Gasteiger partial charge on any atom is 0.123 e. The van der Waals surface area contributed by atoms with Crippen molar-refractivity contribution in [3.05, 3.63) is 29.8 Å². The van der Waals surface area contributed by atoms with E-state index < -0.39 is 0 Å². The Morgan fingerprint density at radius 3 is 2.61 bits per heavy atom. The topological polar surface area (TPSA) is 58.7 Å². The Balaban J connectivity index is 2.98. The Labute approximate surface area is 109 Å². The third-order valence-electron chi connectivity index (χ3n) is 3.06. The van der Waals surface area contributed by atoms with Gasteiger partial charge in [-0.15, -0.1) is 0 Å². The lowest BCUT2D eigenvalue weighted by atomic mass is 10.0. The van der Waals surface area contributed by atoms with Gasteiger partial charge in [-0.2, -0.15) is 0 Å². The molecule has 0 aromatic heterocycles. The van der Waals surface area contributed by atoms with E-state index in [1.807, 2.05) is 24.3 Å². The summed E-state index contributed by atoms with van der Waals surface area (Å²) in [6.45, 7) is 4.33. The summed E-state index contributed by atoms with van der Waals surface area (Å²) in [6.07, 6.45) is 1.03. The zero-order valence-corrected chi connectivity index (χ0v) is 11.3. The second kappa shape index (κ2) is 8.08. The van der Waals surface area contributed by atoms with E-state index in [-0.39, 0.29) is 12.6 Å². The second-order valence-corrected chi connectivity index (χ2v) is 4.25. The number of methoxy groups -OCH3 is 1. The quantitative estimate of drug-likeness (QED) is 0.734. The molecule has 0 heterocycles. The van der Waals surface area contributed by atoms with Crippen LogP contribution < -0.4 is 10.5 Å². The predicted octanol–water partition coefficient (Wildman–Crippen LogP) is 1.40. The minimum absolute atomic E-state index is 0.0910. The van der Waals surface area contributed by atoms with Crippen LogP contribution in [0.5, 0.6) is 5.75 Å². The van der Waals surface area contributed by atoms with Crippen molar-refractivity contribution in [3.63, 3.8) is 0 Å². The number of ether oxygens (including phenoxy) is 1. The Morgan fingerprint density at radius 2 is 2.06 bits per heavy atom. The molecule has 0 radical (unpaired) electrons. The molecule has 0 aliphatic rings. The lowest BCUT2D eigenvalue weighted by molar-refractivity contribution is 0.151. The normalized spacial score (nSPS) is 12.7. The standard InChI is InChI=1S/C14H24N2O2/c1-3-8-16(9-10-17)13(11-15)12-6-4-5-7-14(12)18-2/h4-7,13,17H,3,8-11,15H2,1-2H3. The SMILES string of the molecule is CCCN(CCO)C(CN)c1ccccc1OC. The molecule has 0 saturated heterocycles. The fourth-order valence-electron chi connectivity index (χ4n) is 2.25. The minimum atomic E-state index is 0.0910. The summed E-state index contributed by atoms with van der Waals surface area (Å²) in [5.41, 5.74) is 7.00. The molecule has 0 bridgehead atoms. The van der Waals surface area contributed by atoms with Gasteiger partial charge in [-0.1, -0.05) is 25.1 Å². The molecular formula is C14H24N2O2. The summed E-state index contributed by atoms with van der Waals surface area (Å²) in [5.74, 6) is 0.854. The van der Waals surface area contributed by atoms with Gasteiger partial charge in [0.1, 0.15) is 5.75 Å². The monoisotopic (exact) mass is 252 g/mol. The number of rotatable bonds is 8. The van der Waals surface area contributed by atoms with Gasteiger partial charge >= 0.3 is 0 Å². The molecule has 0 fully saturated rings. The Kier molecular flexibility index (Phi) is 6.72. The molecule has 102 valence electrons. The van der Waals surface area contributed by atoms with Crippen molar-refractivity contribution in [2.45, 2.75) is 19.4 Å². The van der Waals surface area contributed by atoms with E-state index in [4.69, 9.17) is 15.6 Å². The first kappa shape index (κ1) is 15.0. The third-order valence-corrected chi connectivity index (χ3v) is 3.06. The highest BCUT2D eigenvalue weighted by atomic mass is 16.5. The highest BCUT2D eigenvalue weighted by molar-refractivity contribution is 5.36. The molecule has 1 atom stereocenters. The number of nitrogens with zero attached hydrogens (tertiary/aromatic N) is 1. The Hall–Kier alpha value is -1.10. The summed E-state index contributed by atoms with van der Waals surface area (Å²) in [5, 5.41) is 9.17. The molecule has 4 nitrogen and oxygen atoms in total. The molecule has 1 aromatic rings. The van der Waals surface area contributed by atoms with E-state index in [9.17, 15) is 0 Å². The van der Waals surface area contributed by atoms with Crippen molar-refractivity contribution in [1.82, 2.24) is 4.90 Å². The summed E-state index contributed by atoms with van der Waals surface area (Å²) < 4.78 is 5.39. The minimum Gasteiger partial charge on any atom is -0.496 e. The van der Waals surface area contributed by atoms with Crippen LogP contribution >= 0.6 is 0 Å². The van der Waals surface area contributed by atoms with Crippen molar-refractivity contribution >= 4 is 0 Å². The van der Waals surface area contributed by atoms with Gasteiger partial charge in [0.15, 0.2) is 0 Å². The number of para-hydroxylation sites is 1. The van der Waals surface area contributed by atoms with Crippen LogP contribution in [0.4, 0.5) is 0 Å². The average molecular weight is 252 g/mol. The van der Waals surface area contributed by atoms with Crippen LogP contribution in [0.3, 0.4) is 0 Å². The van der Waals surface area contributed by atoms with Crippen molar-refractivity contribution in [2.75, 3.05) is 33.4 Å². The van der Waals surface area contributed by atoms with Crippen LogP contribution in [0, 0.1) is 0 Å². The van der Waals surface area contributed by atoms with Gasteiger partial charge in [0.05, 0.1) is 19.8 Å². The summed E-state index contributed by atoms with van der Waals surface area (Å²) in [6, 6.07) is 8.01. The number of benzene rings is 1. The van der Waals surface area contributed by atoms with Gasteiger partial charge in [-0.05, 0) is 19.0 Å². The molecule has 3 N–H and O–H groups in total. The van der Waals surface area contributed by atoms with Crippen LogP contribution in [-0.4, -0.2) is 43.4 Å². The van der Waals surface area contributed by atoms with Gasteiger partial charge in [0, 0.05) is 18.7 Å². The molecule has 0 aliphatic carbocycles. The van der Waals surface area contributed by atoms with Gasteiger partial charge in [0.25, 0.3) is 0 Å². The molecule has 0 aliphatic heterocycles. The van der Waals surface area contributed by atoms with E-state index in [2.05, 4.69) is 11.8 Å². The highest BCUT2D eigenvalue weighted by Crippen LogP contribution is 2.28. The fourth-order valence-corrected chi connectivity index (χ4v) is 2.25. The number of aliphatic hydroxyl groups is 1. The van der Waals surface area contributed by atoms with E-state index in [1.165, 1.54) is 0 Å². The molecule has 1 rings (SSSR count). The molecule has 0 amide bonds. The molecule has 1 aromatic carbocycles. The van der Waals surface area contributed by atoms with Crippen LogP contribution in [0.25, 0.3) is 0 Å². The summed E-state index contributed by atoms with van der Waals surface area (Å²) in [4.78, 5) is 2.21. The highest BCUT2D eigenvalue weighted by Gasteiger charge is 2.20. The summed E-state index contributed by atoms with van der Waals surface area (Å²) in [7, 11) is 1.67.